The number of nitrogens with zero attached hydrogens (tertiary/aromatic N) is 3. The van der Waals surface area contributed by atoms with Crippen LogP contribution in [0.4, 0.5) is 5.69 Å². The Morgan fingerprint density at radius 3 is 2.90 bits per heavy atom. The number of hydrogen-bond donors (Lipinski definition) is 1. The second kappa shape index (κ2) is 8.81. The molecule has 0 radical (unpaired) electrons. The molecule has 1 atom stereocenters. The first-order valence-electron chi connectivity index (χ1n) is 9.31. The van der Waals surface area contributed by atoms with Gasteiger partial charge in [0, 0.05) is 41.3 Å². The molecule has 1 fully saturated rings. The van der Waals surface area contributed by atoms with Gasteiger partial charge >= 0.3 is 0 Å². The van der Waals surface area contributed by atoms with Crippen molar-refractivity contribution in [1.29, 1.82) is 0 Å². The van der Waals surface area contributed by atoms with E-state index in [1.807, 2.05) is 17.5 Å². The molecular weight excluding hydrogens is 424 g/mol. The number of amides is 2. The number of halogens is 1. The Morgan fingerprint density at radius 2 is 2.13 bits per heavy atom. The summed E-state index contributed by atoms with van der Waals surface area (Å²) >= 11 is 7.59. The van der Waals surface area contributed by atoms with E-state index in [1.165, 1.54) is 18.4 Å². The van der Waals surface area contributed by atoms with E-state index in [4.69, 9.17) is 16.3 Å². The predicted molar refractivity (Wildman–Crippen MR) is 116 cm³/mol. The smallest absolute Gasteiger partial charge is 0.227 e. The van der Waals surface area contributed by atoms with Crippen molar-refractivity contribution in [1.82, 2.24) is 15.3 Å². The van der Waals surface area contributed by atoms with Gasteiger partial charge in [0.25, 0.3) is 0 Å². The summed E-state index contributed by atoms with van der Waals surface area (Å²) in [4.78, 5) is 35.3. The van der Waals surface area contributed by atoms with Gasteiger partial charge in [-0.1, -0.05) is 11.6 Å². The average Bonchev–Trinajstić information content (AvgIpc) is 3.39. The van der Waals surface area contributed by atoms with Gasteiger partial charge in [-0.05, 0) is 30.3 Å². The third-order valence-corrected chi connectivity index (χ3v) is 6.03. The van der Waals surface area contributed by atoms with Gasteiger partial charge in [-0.2, -0.15) is 0 Å². The minimum atomic E-state index is -0.445. The van der Waals surface area contributed by atoms with Crippen molar-refractivity contribution in [2.24, 2.45) is 5.92 Å². The summed E-state index contributed by atoms with van der Waals surface area (Å²) in [6.07, 6.45) is 3.58. The van der Waals surface area contributed by atoms with Gasteiger partial charge in [0.15, 0.2) is 0 Å². The van der Waals surface area contributed by atoms with Crippen LogP contribution < -0.4 is 15.0 Å². The maximum Gasteiger partial charge on any atom is 0.227 e. The van der Waals surface area contributed by atoms with Gasteiger partial charge in [0.1, 0.15) is 10.8 Å². The van der Waals surface area contributed by atoms with Crippen molar-refractivity contribution in [2.75, 3.05) is 18.6 Å². The van der Waals surface area contributed by atoms with Crippen LogP contribution in [0.3, 0.4) is 0 Å². The first-order chi connectivity index (χ1) is 14.5. The second-order valence-electron chi connectivity index (χ2n) is 6.82. The summed E-state index contributed by atoms with van der Waals surface area (Å²) in [5, 5.41) is 6.18. The van der Waals surface area contributed by atoms with Crippen molar-refractivity contribution in [3.63, 3.8) is 0 Å². The fourth-order valence-corrected chi connectivity index (χ4v) is 4.32. The van der Waals surface area contributed by atoms with Crippen molar-refractivity contribution in [3.05, 3.63) is 58.8 Å². The van der Waals surface area contributed by atoms with Gasteiger partial charge < -0.3 is 15.0 Å². The van der Waals surface area contributed by atoms with Gasteiger partial charge in [0.2, 0.25) is 11.8 Å². The summed E-state index contributed by atoms with van der Waals surface area (Å²) in [5.41, 5.74) is 2.34. The molecule has 1 N–H and O–H groups in total. The maximum absolute atomic E-state index is 12.7. The molecule has 0 aliphatic carbocycles. The monoisotopic (exact) mass is 442 g/mol. The number of nitrogens with one attached hydrogen (secondary N) is 1. The number of methoxy groups -OCH3 is 1. The van der Waals surface area contributed by atoms with E-state index in [1.54, 1.807) is 35.5 Å². The highest BCUT2D eigenvalue weighted by Gasteiger charge is 2.36. The molecule has 3 aromatic rings. The van der Waals surface area contributed by atoms with Crippen LogP contribution in [0.2, 0.25) is 5.02 Å². The zero-order chi connectivity index (χ0) is 21.1. The molecule has 3 heterocycles. The Hall–Kier alpha value is -2.97. The molecule has 1 aliphatic rings. The molecule has 2 aromatic heterocycles. The van der Waals surface area contributed by atoms with Crippen LogP contribution in [0.25, 0.3) is 10.6 Å². The molecule has 0 spiro atoms. The predicted octanol–water partition coefficient (Wildman–Crippen LogP) is 3.54. The number of ether oxygens (including phenoxy) is 1. The Bertz CT molecular complexity index is 1070. The second-order valence-corrected chi connectivity index (χ2v) is 8.11. The van der Waals surface area contributed by atoms with E-state index in [0.29, 0.717) is 23.0 Å². The maximum atomic E-state index is 12.7. The molecule has 0 saturated carbocycles. The van der Waals surface area contributed by atoms with Crippen molar-refractivity contribution in [2.45, 2.75) is 13.0 Å². The third kappa shape index (κ3) is 4.29. The minimum Gasteiger partial charge on any atom is -0.495 e. The van der Waals surface area contributed by atoms with Gasteiger partial charge in [-0.25, -0.2) is 4.98 Å². The van der Waals surface area contributed by atoms with E-state index in [2.05, 4.69) is 15.3 Å². The third-order valence-electron chi connectivity index (χ3n) is 4.85. The summed E-state index contributed by atoms with van der Waals surface area (Å²) in [6, 6.07) is 8.87. The number of aromatic nitrogens is 2. The fraction of sp³-hybridized carbons (Fsp3) is 0.238. The number of carbonyl (C=O) groups is 2. The first kappa shape index (κ1) is 20.3. The van der Waals surface area contributed by atoms with Crippen molar-refractivity contribution >= 4 is 40.4 Å². The molecule has 30 heavy (non-hydrogen) atoms. The van der Waals surface area contributed by atoms with Crippen LogP contribution in [-0.4, -0.2) is 35.4 Å². The number of anilines is 1. The standard InChI is InChI=1S/C21H19ClN4O3S/c1-29-18-3-2-15(22)9-17(18)26-11-14(8-19(26)27)20(28)24-10-16-12-30-21(25-16)13-4-6-23-7-5-13/h2-7,9,12,14H,8,10-11H2,1H3,(H,24,28). The highest BCUT2D eigenvalue weighted by molar-refractivity contribution is 7.13. The van der Waals surface area contributed by atoms with Crippen LogP contribution in [-0.2, 0) is 16.1 Å². The minimum absolute atomic E-state index is 0.135. The van der Waals surface area contributed by atoms with Crippen LogP contribution >= 0.6 is 22.9 Å². The molecule has 7 nitrogen and oxygen atoms in total. The largest absolute Gasteiger partial charge is 0.495 e. The molecule has 9 heteroatoms. The Labute approximate surface area is 182 Å². The van der Waals surface area contributed by atoms with Crippen LogP contribution in [0.5, 0.6) is 5.75 Å². The highest BCUT2D eigenvalue weighted by atomic mass is 35.5. The van der Waals surface area contributed by atoms with E-state index in [0.717, 1.165) is 16.3 Å². The lowest BCUT2D eigenvalue weighted by atomic mass is 10.1. The van der Waals surface area contributed by atoms with E-state index in [9.17, 15) is 9.59 Å². The molecule has 1 saturated heterocycles. The number of rotatable bonds is 6. The first-order valence-corrected chi connectivity index (χ1v) is 10.6. The summed E-state index contributed by atoms with van der Waals surface area (Å²) in [5.74, 6) is -0.214. The number of carbonyl (C=O) groups excluding carboxylic acids is 2. The lowest BCUT2D eigenvalue weighted by Gasteiger charge is -2.19. The molecule has 0 bridgehead atoms. The van der Waals surface area contributed by atoms with Crippen LogP contribution in [0.15, 0.2) is 48.1 Å². The van der Waals surface area contributed by atoms with Gasteiger partial charge in [-0.15, -0.1) is 11.3 Å². The molecule has 1 aliphatic heterocycles. The SMILES string of the molecule is COc1ccc(Cl)cc1N1CC(C(=O)NCc2csc(-c3ccncc3)n2)CC1=O. The number of thiazole rings is 1. The molecular formula is C21H19ClN4O3S. The summed E-state index contributed by atoms with van der Waals surface area (Å²) < 4.78 is 5.34. The van der Waals surface area contributed by atoms with Crippen molar-refractivity contribution in [3.8, 4) is 16.3 Å². The Balaban J connectivity index is 1.39. The zero-order valence-electron chi connectivity index (χ0n) is 16.2. The summed E-state index contributed by atoms with van der Waals surface area (Å²) in [6.45, 7) is 0.590. The quantitative estimate of drug-likeness (QED) is 0.631. The average molecular weight is 443 g/mol. The van der Waals surface area contributed by atoms with Gasteiger partial charge in [0.05, 0.1) is 31.0 Å². The van der Waals surface area contributed by atoms with E-state index < -0.39 is 5.92 Å². The zero-order valence-corrected chi connectivity index (χ0v) is 17.7. The van der Waals surface area contributed by atoms with E-state index in [-0.39, 0.29) is 24.8 Å². The lowest BCUT2D eigenvalue weighted by molar-refractivity contribution is -0.126. The fourth-order valence-electron chi connectivity index (χ4n) is 3.33. The normalized spacial score (nSPS) is 16.0. The Morgan fingerprint density at radius 1 is 1.33 bits per heavy atom. The molecule has 1 unspecified atom stereocenters. The number of pyridine rings is 1. The molecule has 4 rings (SSSR count). The van der Waals surface area contributed by atoms with Crippen LogP contribution in [0, 0.1) is 5.92 Å². The number of hydrogen-bond acceptors (Lipinski definition) is 6. The highest BCUT2D eigenvalue weighted by Crippen LogP contribution is 2.35. The molecule has 1 aromatic carbocycles. The lowest BCUT2D eigenvalue weighted by Crippen LogP contribution is -2.32. The molecule has 2 amide bonds. The Kier molecular flexibility index (Phi) is 5.96. The van der Waals surface area contributed by atoms with E-state index >= 15 is 0 Å². The van der Waals surface area contributed by atoms with Crippen LogP contribution in [0.1, 0.15) is 12.1 Å². The van der Waals surface area contributed by atoms with Gasteiger partial charge in [-0.3, -0.25) is 14.6 Å². The summed E-state index contributed by atoms with van der Waals surface area (Å²) in [7, 11) is 1.53. The van der Waals surface area contributed by atoms with Crippen molar-refractivity contribution < 1.29 is 14.3 Å². The topological polar surface area (TPSA) is 84.4 Å². The molecule has 154 valence electrons. The number of benzene rings is 1.